The van der Waals surface area contributed by atoms with Crippen molar-refractivity contribution < 1.29 is 19.6 Å². The van der Waals surface area contributed by atoms with Gasteiger partial charge in [0.15, 0.2) is 0 Å². The van der Waals surface area contributed by atoms with E-state index in [1.165, 1.54) is 19.2 Å². The molecule has 1 aliphatic heterocycles. The number of carbonyl (C=O) groups is 2. The van der Waals surface area contributed by atoms with Crippen molar-refractivity contribution in [2.75, 3.05) is 7.05 Å². The number of aliphatic imine (C=N–C) groups is 1. The highest BCUT2D eigenvalue weighted by atomic mass is 16.6. The minimum atomic E-state index is -1.32. The molecule has 0 aromatic heterocycles. The SMILES string of the molecule is CN1C(=O)C[C@]2(CCc3ccc([N+](=O)[O-])cc32)N=C1NC(=O)O. The number of nitro benzene ring substituents is 1. The molecule has 1 heterocycles. The summed E-state index contributed by atoms with van der Waals surface area (Å²) in [5.74, 6) is -0.351. The maximum absolute atomic E-state index is 12.3. The Labute approximate surface area is 130 Å². The number of nitrogens with one attached hydrogen (secondary N) is 1. The van der Waals surface area contributed by atoms with Gasteiger partial charge in [-0.2, -0.15) is 0 Å². The first kappa shape index (κ1) is 14.9. The quantitative estimate of drug-likeness (QED) is 0.595. The summed E-state index contributed by atoms with van der Waals surface area (Å²) >= 11 is 0. The maximum Gasteiger partial charge on any atom is 0.411 e. The smallest absolute Gasteiger partial charge is 0.411 e. The van der Waals surface area contributed by atoms with Crippen LogP contribution in [0.4, 0.5) is 10.5 Å². The molecule has 0 bridgehead atoms. The Morgan fingerprint density at radius 1 is 1.52 bits per heavy atom. The highest BCUT2D eigenvalue weighted by Crippen LogP contribution is 2.45. The minimum Gasteiger partial charge on any atom is -0.465 e. The lowest BCUT2D eigenvalue weighted by Crippen LogP contribution is -2.51. The van der Waals surface area contributed by atoms with Crippen molar-refractivity contribution in [2.24, 2.45) is 4.99 Å². The van der Waals surface area contributed by atoms with Crippen LogP contribution in [-0.4, -0.2) is 39.9 Å². The number of nitro groups is 1. The molecule has 0 saturated carbocycles. The average Bonchev–Trinajstić information content (AvgIpc) is 2.82. The summed E-state index contributed by atoms with van der Waals surface area (Å²) < 4.78 is 0. The number of non-ortho nitro benzene ring substituents is 1. The molecule has 1 aromatic carbocycles. The number of benzene rings is 1. The first-order valence-corrected chi connectivity index (χ1v) is 6.96. The van der Waals surface area contributed by atoms with Crippen molar-refractivity contribution in [3.05, 3.63) is 39.4 Å². The Bertz CT molecular complexity index is 760. The molecule has 1 aromatic rings. The second-order valence-electron chi connectivity index (χ2n) is 5.63. The second kappa shape index (κ2) is 5.04. The van der Waals surface area contributed by atoms with Crippen LogP contribution in [0.15, 0.2) is 23.2 Å². The predicted octanol–water partition coefficient (Wildman–Crippen LogP) is 1.22. The number of carboxylic acid groups (broad SMARTS) is 1. The Balaban J connectivity index is 2.12. The Kier molecular flexibility index (Phi) is 3.28. The zero-order chi connectivity index (χ0) is 16.8. The summed E-state index contributed by atoms with van der Waals surface area (Å²) in [6, 6.07) is 4.53. The molecule has 0 unspecified atom stereocenters. The molecule has 0 fully saturated rings. The summed E-state index contributed by atoms with van der Waals surface area (Å²) in [5, 5.41) is 22.0. The molecule has 0 saturated heterocycles. The van der Waals surface area contributed by atoms with Crippen LogP contribution in [0, 0.1) is 10.1 Å². The molecule has 2 N–H and O–H groups in total. The van der Waals surface area contributed by atoms with Crippen molar-refractivity contribution in [3.8, 4) is 0 Å². The highest BCUT2D eigenvalue weighted by molar-refractivity contribution is 6.04. The standard InChI is InChI=1S/C14H14N4O5/c1-17-11(19)7-14(16-12(17)15-13(20)21)5-4-8-2-3-9(18(22)23)6-10(8)14/h2-3,6H,4-5,7H2,1H3,(H,15,16)(H,20,21)/t14-/m0/s1. The van der Waals surface area contributed by atoms with Crippen LogP contribution in [0.1, 0.15) is 24.0 Å². The number of hydrogen-bond donors (Lipinski definition) is 2. The maximum atomic E-state index is 12.3. The van der Waals surface area contributed by atoms with Crippen molar-refractivity contribution in [1.82, 2.24) is 10.2 Å². The van der Waals surface area contributed by atoms with Gasteiger partial charge in [0.2, 0.25) is 11.9 Å². The van der Waals surface area contributed by atoms with Gasteiger partial charge in [0, 0.05) is 19.2 Å². The van der Waals surface area contributed by atoms with E-state index in [1.54, 1.807) is 6.07 Å². The monoisotopic (exact) mass is 318 g/mol. The lowest BCUT2D eigenvalue weighted by atomic mass is 9.87. The van der Waals surface area contributed by atoms with Crippen LogP contribution in [0.5, 0.6) is 0 Å². The summed E-state index contributed by atoms with van der Waals surface area (Å²) in [7, 11) is 1.44. The van der Waals surface area contributed by atoms with Crippen molar-refractivity contribution in [2.45, 2.75) is 24.8 Å². The van der Waals surface area contributed by atoms with E-state index in [9.17, 15) is 19.7 Å². The van der Waals surface area contributed by atoms with Crippen LogP contribution in [0.25, 0.3) is 0 Å². The molecule has 1 aliphatic carbocycles. The molecule has 1 spiro atoms. The lowest BCUT2D eigenvalue weighted by Gasteiger charge is -2.34. The molecule has 3 rings (SSSR count). The Morgan fingerprint density at radius 2 is 2.26 bits per heavy atom. The van der Waals surface area contributed by atoms with Crippen LogP contribution in [0.2, 0.25) is 0 Å². The highest BCUT2D eigenvalue weighted by Gasteiger charge is 2.45. The number of nitrogens with zero attached hydrogens (tertiary/aromatic N) is 3. The van der Waals surface area contributed by atoms with E-state index in [2.05, 4.69) is 10.3 Å². The zero-order valence-electron chi connectivity index (χ0n) is 12.3. The predicted molar refractivity (Wildman–Crippen MR) is 79.1 cm³/mol. The van der Waals surface area contributed by atoms with E-state index < -0.39 is 16.6 Å². The Morgan fingerprint density at radius 3 is 2.91 bits per heavy atom. The third-order valence-corrected chi connectivity index (χ3v) is 4.29. The van der Waals surface area contributed by atoms with Crippen molar-refractivity contribution in [1.29, 1.82) is 0 Å². The fourth-order valence-corrected chi connectivity index (χ4v) is 3.12. The van der Waals surface area contributed by atoms with E-state index in [0.29, 0.717) is 18.4 Å². The molecule has 1 atom stereocenters. The number of aryl methyl sites for hydroxylation is 1. The number of carbonyl (C=O) groups excluding carboxylic acids is 1. The first-order chi connectivity index (χ1) is 10.8. The largest absolute Gasteiger partial charge is 0.465 e. The van der Waals surface area contributed by atoms with E-state index in [4.69, 9.17) is 5.11 Å². The third-order valence-electron chi connectivity index (χ3n) is 4.29. The van der Waals surface area contributed by atoms with E-state index in [0.717, 1.165) is 10.5 Å². The first-order valence-electron chi connectivity index (χ1n) is 6.96. The number of hydrogen-bond acceptors (Lipinski definition) is 5. The number of rotatable bonds is 1. The molecule has 120 valence electrons. The van der Waals surface area contributed by atoms with Gasteiger partial charge in [0.05, 0.1) is 16.9 Å². The van der Waals surface area contributed by atoms with E-state index in [-0.39, 0.29) is 24.0 Å². The van der Waals surface area contributed by atoms with Gasteiger partial charge >= 0.3 is 6.09 Å². The van der Waals surface area contributed by atoms with E-state index in [1.807, 2.05) is 0 Å². The van der Waals surface area contributed by atoms with Gasteiger partial charge in [-0.1, -0.05) is 6.07 Å². The lowest BCUT2D eigenvalue weighted by molar-refractivity contribution is -0.385. The van der Waals surface area contributed by atoms with Gasteiger partial charge < -0.3 is 5.11 Å². The fraction of sp³-hybridized carbons (Fsp3) is 0.357. The van der Waals surface area contributed by atoms with Gasteiger partial charge in [0.25, 0.3) is 5.69 Å². The third kappa shape index (κ3) is 2.39. The molecule has 0 radical (unpaired) electrons. The molecule has 2 amide bonds. The molecule has 9 nitrogen and oxygen atoms in total. The van der Waals surface area contributed by atoms with Crippen LogP contribution < -0.4 is 5.32 Å². The summed E-state index contributed by atoms with van der Waals surface area (Å²) in [6.45, 7) is 0. The summed E-state index contributed by atoms with van der Waals surface area (Å²) in [5.41, 5.74) is 0.506. The minimum absolute atomic E-state index is 0.0580. The number of fused-ring (bicyclic) bond motifs is 2. The normalized spacial score (nSPS) is 22.7. The molecular weight excluding hydrogens is 304 g/mol. The summed E-state index contributed by atoms with van der Waals surface area (Å²) in [4.78, 5) is 39.2. The molecule has 23 heavy (non-hydrogen) atoms. The van der Waals surface area contributed by atoms with Gasteiger partial charge in [-0.3, -0.25) is 25.1 Å². The second-order valence-corrected chi connectivity index (χ2v) is 5.63. The number of guanidine groups is 1. The van der Waals surface area contributed by atoms with Gasteiger partial charge in [-0.15, -0.1) is 0 Å². The van der Waals surface area contributed by atoms with E-state index >= 15 is 0 Å². The molecule has 2 aliphatic rings. The van der Waals surface area contributed by atoms with Crippen molar-refractivity contribution >= 4 is 23.6 Å². The van der Waals surface area contributed by atoms with Crippen LogP contribution in [0.3, 0.4) is 0 Å². The molecular formula is C14H14N4O5. The number of amides is 2. The fourth-order valence-electron chi connectivity index (χ4n) is 3.12. The van der Waals surface area contributed by atoms with Gasteiger partial charge in [-0.05, 0) is 24.0 Å². The van der Waals surface area contributed by atoms with Crippen LogP contribution >= 0.6 is 0 Å². The zero-order valence-corrected chi connectivity index (χ0v) is 12.3. The van der Waals surface area contributed by atoms with Gasteiger partial charge in [0.1, 0.15) is 0 Å². The topological polar surface area (TPSA) is 125 Å². The average molecular weight is 318 g/mol. The summed E-state index contributed by atoms with van der Waals surface area (Å²) in [6.07, 6.45) is -0.123. The Hall–Kier alpha value is -2.97. The van der Waals surface area contributed by atoms with Gasteiger partial charge in [-0.25, -0.2) is 9.79 Å². The van der Waals surface area contributed by atoms with Crippen molar-refractivity contribution in [3.63, 3.8) is 0 Å². The van der Waals surface area contributed by atoms with Crippen LogP contribution in [-0.2, 0) is 16.8 Å². The molecule has 9 heteroatoms.